The topological polar surface area (TPSA) is 50.7 Å². The zero-order valence-electron chi connectivity index (χ0n) is 10.9. The highest BCUT2D eigenvalue weighted by atomic mass is 16.5. The van der Waals surface area contributed by atoms with Crippen molar-refractivity contribution in [3.8, 4) is 11.5 Å². The lowest BCUT2D eigenvalue weighted by Crippen LogP contribution is -2.27. The van der Waals surface area contributed by atoms with Gasteiger partial charge in [-0.2, -0.15) is 0 Å². The summed E-state index contributed by atoms with van der Waals surface area (Å²) in [5.74, 6) is 1.30. The lowest BCUT2D eigenvalue weighted by molar-refractivity contribution is 0.171. The van der Waals surface area contributed by atoms with Crippen LogP contribution in [0.25, 0.3) is 0 Å². The van der Waals surface area contributed by atoms with Gasteiger partial charge in [-0.05, 0) is 17.7 Å². The predicted molar refractivity (Wildman–Crippen MR) is 67.6 cm³/mol. The van der Waals surface area contributed by atoms with Gasteiger partial charge in [0.05, 0.1) is 20.3 Å². The number of hydrogen-bond acceptors (Lipinski definition) is 4. The molecule has 0 heterocycles. The smallest absolute Gasteiger partial charge is 0.161 e. The van der Waals surface area contributed by atoms with Gasteiger partial charge in [-0.15, -0.1) is 0 Å². The zero-order chi connectivity index (χ0) is 12.8. The summed E-state index contributed by atoms with van der Waals surface area (Å²) in [5, 5.41) is 13.2. The first kappa shape index (κ1) is 13.8. The van der Waals surface area contributed by atoms with Gasteiger partial charge >= 0.3 is 0 Å². The molecule has 1 rings (SSSR count). The van der Waals surface area contributed by atoms with Gasteiger partial charge in [0.1, 0.15) is 0 Å². The molecule has 4 heteroatoms. The Balaban J connectivity index is 2.77. The van der Waals surface area contributed by atoms with E-state index in [2.05, 4.69) is 5.32 Å². The van der Waals surface area contributed by atoms with Crippen molar-refractivity contribution in [1.82, 2.24) is 5.32 Å². The molecular weight excluding hydrogens is 218 g/mol. The summed E-state index contributed by atoms with van der Waals surface area (Å²) in [6.07, 6.45) is -0.544. The molecule has 0 spiro atoms. The van der Waals surface area contributed by atoms with Crippen LogP contribution in [0, 0.1) is 0 Å². The van der Waals surface area contributed by atoms with E-state index in [0.29, 0.717) is 24.1 Å². The van der Waals surface area contributed by atoms with E-state index in [9.17, 15) is 5.11 Å². The molecule has 0 fully saturated rings. The summed E-state index contributed by atoms with van der Waals surface area (Å²) in [7, 11) is 3.18. The van der Waals surface area contributed by atoms with Crippen LogP contribution in [-0.4, -0.2) is 31.9 Å². The molecular formula is C13H21NO3. The van der Waals surface area contributed by atoms with Gasteiger partial charge in [-0.3, -0.25) is 0 Å². The van der Waals surface area contributed by atoms with Gasteiger partial charge in [0.25, 0.3) is 0 Å². The third kappa shape index (κ3) is 3.91. The Hall–Kier alpha value is -1.26. The van der Waals surface area contributed by atoms with Crippen LogP contribution in [-0.2, 0) is 0 Å². The Labute approximate surface area is 103 Å². The van der Waals surface area contributed by atoms with Crippen LogP contribution in [0.3, 0.4) is 0 Å². The first-order valence-corrected chi connectivity index (χ1v) is 5.71. The Kier molecular flexibility index (Phi) is 5.25. The van der Waals surface area contributed by atoms with Crippen molar-refractivity contribution in [2.45, 2.75) is 26.0 Å². The second-order valence-electron chi connectivity index (χ2n) is 4.19. The van der Waals surface area contributed by atoms with Crippen LogP contribution in [0.1, 0.15) is 25.5 Å². The maximum Gasteiger partial charge on any atom is 0.161 e. The molecule has 0 saturated carbocycles. The fraction of sp³-hybridized carbons (Fsp3) is 0.538. The van der Waals surface area contributed by atoms with E-state index >= 15 is 0 Å². The molecule has 0 aliphatic carbocycles. The minimum Gasteiger partial charge on any atom is -0.493 e. The molecule has 1 aromatic carbocycles. The number of nitrogens with one attached hydrogen (secondary N) is 1. The average Bonchev–Trinajstić information content (AvgIpc) is 2.34. The lowest BCUT2D eigenvalue weighted by Gasteiger charge is -2.16. The molecule has 0 aliphatic heterocycles. The number of benzene rings is 1. The van der Waals surface area contributed by atoms with Crippen LogP contribution < -0.4 is 14.8 Å². The second kappa shape index (κ2) is 6.47. The van der Waals surface area contributed by atoms with E-state index in [1.54, 1.807) is 26.4 Å². The molecule has 0 saturated heterocycles. The standard InChI is InChI=1S/C13H21NO3/c1-9(2)14-8-11(15)10-5-6-12(16-3)13(7-10)17-4/h5-7,9,11,14-15H,8H2,1-4H3. The molecule has 1 aromatic rings. The van der Waals surface area contributed by atoms with Crippen molar-refractivity contribution < 1.29 is 14.6 Å². The molecule has 2 N–H and O–H groups in total. The zero-order valence-corrected chi connectivity index (χ0v) is 10.9. The van der Waals surface area contributed by atoms with Crippen LogP contribution in [0.5, 0.6) is 11.5 Å². The summed E-state index contributed by atoms with van der Waals surface area (Å²) < 4.78 is 10.3. The summed E-state index contributed by atoms with van der Waals surface area (Å²) in [6, 6.07) is 5.79. The molecule has 0 amide bonds. The minimum atomic E-state index is -0.544. The molecule has 1 unspecified atom stereocenters. The van der Waals surface area contributed by atoms with Crippen molar-refractivity contribution in [3.63, 3.8) is 0 Å². The SMILES string of the molecule is COc1ccc(C(O)CNC(C)C)cc1OC. The van der Waals surface area contributed by atoms with Crippen molar-refractivity contribution >= 4 is 0 Å². The predicted octanol–water partition coefficient (Wildman–Crippen LogP) is 1.74. The maximum atomic E-state index is 9.99. The van der Waals surface area contributed by atoms with Gasteiger partial charge in [0.15, 0.2) is 11.5 Å². The van der Waals surface area contributed by atoms with E-state index in [1.165, 1.54) is 0 Å². The van der Waals surface area contributed by atoms with E-state index in [1.807, 2.05) is 19.9 Å². The Bertz CT molecular complexity index is 353. The van der Waals surface area contributed by atoms with E-state index in [4.69, 9.17) is 9.47 Å². The normalized spacial score (nSPS) is 12.6. The summed E-state index contributed by atoms with van der Waals surface area (Å²) >= 11 is 0. The molecule has 4 nitrogen and oxygen atoms in total. The number of rotatable bonds is 6. The summed E-state index contributed by atoms with van der Waals surface area (Å²) in [5.41, 5.74) is 0.816. The molecule has 1 atom stereocenters. The van der Waals surface area contributed by atoms with Gasteiger partial charge < -0.3 is 19.9 Å². The highest BCUT2D eigenvalue weighted by molar-refractivity contribution is 5.43. The summed E-state index contributed by atoms with van der Waals surface area (Å²) in [4.78, 5) is 0. The Morgan fingerprint density at radius 2 is 1.82 bits per heavy atom. The molecule has 0 bridgehead atoms. The highest BCUT2D eigenvalue weighted by Crippen LogP contribution is 2.29. The van der Waals surface area contributed by atoms with Crippen LogP contribution in [0.4, 0.5) is 0 Å². The van der Waals surface area contributed by atoms with Crippen LogP contribution in [0.15, 0.2) is 18.2 Å². The van der Waals surface area contributed by atoms with Gasteiger partial charge in [-0.25, -0.2) is 0 Å². The van der Waals surface area contributed by atoms with Crippen molar-refractivity contribution in [3.05, 3.63) is 23.8 Å². The van der Waals surface area contributed by atoms with E-state index < -0.39 is 6.10 Å². The monoisotopic (exact) mass is 239 g/mol. The molecule has 0 aliphatic rings. The van der Waals surface area contributed by atoms with E-state index in [-0.39, 0.29) is 0 Å². The molecule has 17 heavy (non-hydrogen) atoms. The molecule has 96 valence electrons. The number of ether oxygens (including phenoxy) is 2. The number of methoxy groups -OCH3 is 2. The molecule has 0 radical (unpaired) electrons. The van der Waals surface area contributed by atoms with Crippen LogP contribution >= 0.6 is 0 Å². The van der Waals surface area contributed by atoms with Crippen molar-refractivity contribution in [2.24, 2.45) is 0 Å². The van der Waals surface area contributed by atoms with Gasteiger partial charge in [-0.1, -0.05) is 19.9 Å². The van der Waals surface area contributed by atoms with Gasteiger partial charge in [0, 0.05) is 12.6 Å². The fourth-order valence-corrected chi connectivity index (χ4v) is 1.53. The average molecular weight is 239 g/mol. The second-order valence-corrected chi connectivity index (χ2v) is 4.19. The lowest BCUT2D eigenvalue weighted by atomic mass is 10.1. The van der Waals surface area contributed by atoms with Crippen molar-refractivity contribution in [1.29, 1.82) is 0 Å². The Morgan fingerprint density at radius 3 is 2.35 bits per heavy atom. The fourth-order valence-electron chi connectivity index (χ4n) is 1.53. The number of aliphatic hydroxyl groups is 1. The molecule has 0 aromatic heterocycles. The third-order valence-electron chi connectivity index (χ3n) is 2.51. The summed E-state index contributed by atoms with van der Waals surface area (Å²) in [6.45, 7) is 4.61. The Morgan fingerprint density at radius 1 is 1.18 bits per heavy atom. The van der Waals surface area contributed by atoms with Gasteiger partial charge in [0.2, 0.25) is 0 Å². The minimum absolute atomic E-state index is 0.352. The first-order chi connectivity index (χ1) is 8.08. The quantitative estimate of drug-likeness (QED) is 0.794. The highest BCUT2D eigenvalue weighted by Gasteiger charge is 2.11. The largest absolute Gasteiger partial charge is 0.493 e. The number of aliphatic hydroxyl groups excluding tert-OH is 1. The first-order valence-electron chi connectivity index (χ1n) is 5.71. The maximum absolute atomic E-state index is 9.99. The third-order valence-corrected chi connectivity index (χ3v) is 2.51. The van der Waals surface area contributed by atoms with E-state index in [0.717, 1.165) is 5.56 Å². The number of hydrogen-bond donors (Lipinski definition) is 2. The van der Waals surface area contributed by atoms with Crippen LogP contribution in [0.2, 0.25) is 0 Å². The van der Waals surface area contributed by atoms with Crippen molar-refractivity contribution in [2.75, 3.05) is 20.8 Å².